The summed E-state index contributed by atoms with van der Waals surface area (Å²) < 4.78 is 18.2. The molecule has 1 fully saturated rings. The van der Waals surface area contributed by atoms with E-state index in [0.717, 1.165) is 27.7 Å². The Kier molecular flexibility index (Phi) is 5.04. The van der Waals surface area contributed by atoms with Gasteiger partial charge in [0.25, 0.3) is 0 Å². The lowest BCUT2D eigenvalue weighted by Gasteiger charge is -2.54. The molecular formula is C12H18O11. The van der Waals surface area contributed by atoms with Crippen LogP contribution in [0.2, 0.25) is 0 Å². The SMILES string of the molecule is CC(=O)O[C@]1(O)[C@](O)(OC(C)=O)C(O)O[C@@H](C)[C@@]1(O)OC(C)=O. The fourth-order valence-electron chi connectivity index (χ4n) is 2.14. The smallest absolute Gasteiger partial charge is 0.352 e. The highest BCUT2D eigenvalue weighted by Crippen LogP contribution is 2.46. The topological polar surface area (TPSA) is 169 Å². The molecule has 0 saturated carbocycles. The zero-order valence-corrected chi connectivity index (χ0v) is 12.8. The highest BCUT2D eigenvalue weighted by molar-refractivity contribution is 5.69. The minimum absolute atomic E-state index is 0.785. The van der Waals surface area contributed by atoms with E-state index in [-0.39, 0.29) is 0 Å². The van der Waals surface area contributed by atoms with Crippen LogP contribution in [0.3, 0.4) is 0 Å². The number of esters is 3. The molecule has 0 radical (unpaired) electrons. The van der Waals surface area contributed by atoms with Crippen molar-refractivity contribution in [3.05, 3.63) is 0 Å². The minimum Gasteiger partial charge on any atom is -0.423 e. The number of rotatable bonds is 3. The van der Waals surface area contributed by atoms with Gasteiger partial charge in [0.2, 0.25) is 6.29 Å². The van der Waals surface area contributed by atoms with Crippen molar-refractivity contribution in [1.82, 2.24) is 0 Å². The first-order valence-corrected chi connectivity index (χ1v) is 6.39. The third-order valence-corrected chi connectivity index (χ3v) is 3.08. The molecule has 5 atom stereocenters. The largest absolute Gasteiger partial charge is 0.423 e. The second-order valence-electron chi connectivity index (χ2n) is 4.95. The van der Waals surface area contributed by atoms with Crippen LogP contribution in [0.5, 0.6) is 0 Å². The van der Waals surface area contributed by atoms with E-state index in [9.17, 15) is 34.8 Å². The molecule has 0 aromatic rings. The molecule has 1 aliphatic heterocycles. The lowest BCUT2D eigenvalue weighted by molar-refractivity contribution is -0.528. The molecule has 1 heterocycles. The number of carbonyl (C=O) groups is 3. The summed E-state index contributed by atoms with van der Waals surface area (Å²) >= 11 is 0. The van der Waals surface area contributed by atoms with E-state index in [4.69, 9.17) is 4.74 Å². The first-order valence-electron chi connectivity index (χ1n) is 6.39. The van der Waals surface area contributed by atoms with E-state index in [2.05, 4.69) is 14.2 Å². The fraction of sp³-hybridized carbons (Fsp3) is 0.750. The maximum atomic E-state index is 11.3. The lowest BCUT2D eigenvalue weighted by atomic mass is 9.87. The van der Waals surface area contributed by atoms with Gasteiger partial charge in [-0.3, -0.25) is 14.4 Å². The Morgan fingerprint density at radius 2 is 1.26 bits per heavy atom. The fourth-order valence-corrected chi connectivity index (χ4v) is 2.14. The van der Waals surface area contributed by atoms with Crippen molar-refractivity contribution in [2.24, 2.45) is 0 Å². The summed E-state index contributed by atoms with van der Waals surface area (Å²) in [6.07, 6.45) is -4.14. The maximum Gasteiger partial charge on any atom is 0.352 e. The quantitative estimate of drug-likeness (QED) is 0.243. The van der Waals surface area contributed by atoms with E-state index in [1.54, 1.807) is 0 Å². The third-order valence-electron chi connectivity index (χ3n) is 3.08. The Labute approximate surface area is 130 Å². The Morgan fingerprint density at radius 1 is 0.870 bits per heavy atom. The summed E-state index contributed by atoms with van der Waals surface area (Å²) in [7, 11) is 0. The minimum atomic E-state index is -3.58. The van der Waals surface area contributed by atoms with Gasteiger partial charge in [0.1, 0.15) is 6.10 Å². The van der Waals surface area contributed by atoms with Gasteiger partial charge in [-0.1, -0.05) is 0 Å². The molecule has 0 aromatic heterocycles. The molecule has 1 saturated heterocycles. The van der Waals surface area contributed by atoms with Crippen molar-refractivity contribution in [3.8, 4) is 0 Å². The molecular weight excluding hydrogens is 320 g/mol. The molecule has 0 aliphatic carbocycles. The monoisotopic (exact) mass is 338 g/mol. The van der Waals surface area contributed by atoms with Crippen LogP contribution in [-0.4, -0.2) is 68.1 Å². The predicted molar refractivity (Wildman–Crippen MR) is 66.7 cm³/mol. The predicted octanol–water partition coefficient (Wildman–Crippen LogP) is -2.52. The van der Waals surface area contributed by atoms with Gasteiger partial charge < -0.3 is 39.4 Å². The first kappa shape index (κ1) is 19.3. The molecule has 1 aliphatic rings. The van der Waals surface area contributed by atoms with Gasteiger partial charge in [-0.25, -0.2) is 0 Å². The average Bonchev–Trinajstić information content (AvgIpc) is 2.33. The number of carbonyl (C=O) groups excluding carboxylic acids is 3. The molecule has 4 N–H and O–H groups in total. The second-order valence-corrected chi connectivity index (χ2v) is 4.95. The Morgan fingerprint density at radius 3 is 1.65 bits per heavy atom. The van der Waals surface area contributed by atoms with Crippen LogP contribution in [-0.2, 0) is 33.3 Å². The highest BCUT2D eigenvalue weighted by Gasteiger charge is 2.79. The van der Waals surface area contributed by atoms with Crippen LogP contribution < -0.4 is 0 Å². The summed E-state index contributed by atoms with van der Waals surface area (Å²) in [5.41, 5.74) is 0. The average molecular weight is 338 g/mol. The van der Waals surface area contributed by atoms with Crippen molar-refractivity contribution in [1.29, 1.82) is 0 Å². The molecule has 0 amide bonds. The van der Waals surface area contributed by atoms with Crippen LogP contribution >= 0.6 is 0 Å². The van der Waals surface area contributed by atoms with E-state index in [1.807, 2.05) is 0 Å². The molecule has 0 spiro atoms. The zero-order chi connectivity index (χ0) is 18.2. The molecule has 23 heavy (non-hydrogen) atoms. The van der Waals surface area contributed by atoms with E-state index in [1.165, 1.54) is 0 Å². The number of hydrogen-bond acceptors (Lipinski definition) is 11. The molecule has 1 rings (SSSR count). The summed E-state index contributed by atoms with van der Waals surface area (Å²) in [4.78, 5) is 33.6. The zero-order valence-electron chi connectivity index (χ0n) is 12.8. The molecule has 132 valence electrons. The van der Waals surface area contributed by atoms with Crippen molar-refractivity contribution in [2.75, 3.05) is 0 Å². The molecule has 0 bridgehead atoms. The Hall–Kier alpha value is -1.79. The Balaban J connectivity index is 3.57. The van der Waals surface area contributed by atoms with E-state index >= 15 is 0 Å². The molecule has 11 nitrogen and oxygen atoms in total. The van der Waals surface area contributed by atoms with Gasteiger partial charge in [-0.2, -0.15) is 0 Å². The lowest BCUT2D eigenvalue weighted by Crippen LogP contribution is -2.82. The number of ether oxygens (including phenoxy) is 4. The van der Waals surface area contributed by atoms with Crippen molar-refractivity contribution in [3.63, 3.8) is 0 Å². The van der Waals surface area contributed by atoms with Crippen molar-refractivity contribution in [2.45, 2.75) is 57.5 Å². The van der Waals surface area contributed by atoms with Crippen LogP contribution in [0.15, 0.2) is 0 Å². The van der Waals surface area contributed by atoms with Gasteiger partial charge in [-0.15, -0.1) is 0 Å². The van der Waals surface area contributed by atoms with Crippen LogP contribution in [0.1, 0.15) is 27.7 Å². The number of aliphatic hydroxyl groups excluding tert-OH is 1. The van der Waals surface area contributed by atoms with Gasteiger partial charge in [-0.05, 0) is 6.92 Å². The highest BCUT2D eigenvalue weighted by atomic mass is 16.8. The van der Waals surface area contributed by atoms with Crippen LogP contribution in [0, 0.1) is 0 Å². The van der Waals surface area contributed by atoms with E-state index < -0.39 is 47.7 Å². The summed E-state index contributed by atoms with van der Waals surface area (Å²) in [5.74, 6) is -13.9. The first-order chi connectivity index (χ1) is 10.3. The maximum absolute atomic E-state index is 11.3. The van der Waals surface area contributed by atoms with E-state index in [0.29, 0.717) is 0 Å². The summed E-state index contributed by atoms with van der Waals surface area (Å²) in [6.45, 7) is 3.46. The number of hydrogen-bond donors (Lipinski definition) is 4. The van der Waals surface area contributed by atoms with Gasteiger partial charge >= 0.3 is 35.3 Å². The second kappa shape index (κ2) is 6.02. The standard InChI is InChI=1S/C12H18O11/c1-5-10(17,21-6(2)13)12(19,23-8(4)15)11(18,9(16)20-5)22-7(3)14/h5,9,16-19H,1-4H3/t5-,9?,10+,11+,12-/m0/s1. The number of aliphatic hydroxyl groups is 4. The summed E-state index contributed by atoms with van der Waals surface area (Å²) in [5, 5.41) is 41.2. The molecule has 1 unspecified atom stereocenters. The summed E-state index contributed by atoms with van der Waals surface area (Å²) in [6, 6.07) is 0. The molecule has 11 heteroatoms. The Bertz CT molecular complexity index is 483. The van der Waals surface area contributed by atoms with Gasteiger partial charge in [0.15, 0.2) is 0 Å². The van der Waals surface area contributed by atoms with Crippen LogP contribution in [0.4, 0.5) is 0 Å². The third kappa shape index (κ3) is 3.01. The molecule has 0 aromatic carbocycles. The van der Waals surface area contributed by atoms with Crippen LogP contribution in [0.25, 0.3) is 0 Å². The van der Waals surface area contributed by atoms with Crippen molar-refractivity contribution >= 4 is 17.9 Å². The van der Waals surface area contributed by atoms with Gasteiger partial charge in [0.05, 0.1) is 0 Å². The normalized spacial score (nSPS) is 40.2. The van der Waals surface area contributed by atoms with Gasteiger partial charge in [0, 0.05) is 20.8 Å². The van der Waals surface area contributed by atoms with Crippen molar-refractivity contribution < 1.29 is 53.8 Å².